The van der Waals surface area contributed by atoms with Crippen LogP contribution >= 0.6 is 11.6 Å². The first-order valence-corrected chi connectivity index (χ1v) is 11.4. The van der Waals surface area contributed by atoms with Crippen molar-refractivity contribution in [3.63, 3.8) is 0 Å². The number of Topliss-reactive ketones (excluding diaryl/α,β-unsaturated/α-hetero) is 1. The lowest BCUT2D eigenvalue weighted by molar-refractivity contribution is -0.132. The fourth-order valence-electron chi connectivity index (χ4n) is 4.14. The number of benzene rings is 2. The maximum atomic E-state index is 13.3. The molecule has 6 nitrogen and oxygen atoms in total. The number of carbonyl (C=O) groups is 2. The van der Waals surface area contributed by atoms with Crippen molar-refractivity contribution < 1.29 is 19.4 Å². The van der Waals surface area contributed by atoms with E-state index in [9.17, 15) is 14.7 Å². The van der Waals surface area contributed by atoms with Gasteiger partial charge in [-0.1, -0.05) is 31.5 Å². The number of aliphatic hydroxyl groups excluding tert-OH is 1. The van der Waals surface area contributed by atoms with E-state index in [1.54, 1.807) is 67.0 Å². The average molecular weight is 477 g/mol. The Kier molecular flexibility index (Phi) is 6.70. The van der Waals surface area contributed by atoms with Crippen LogP contribution in [0, 0.1) is 0 Å². The first kappa shape index (κ1) is 23.5. The maximum absolute atomic E-state index is 13.3. The van der Waals surface area contributed by atoms with E-state index in [0.29, 0.717) is 28.4 Å². The van der Waals surface area contributed by atoms with Crippen molar-refractivity contribution >= 4 is 34.7 Å². The normalized spacial score (nSPS) is 17.4. The summed E-state index contributed by atoms with van der Waals surface area (Å²) >= 11 is 6.03. The van der Waals surface area contributed by atoms with Gasteiger partial charge in [0.25, 0.3) is 11.7 Å². The first-order chi connectivity index (χ1) is 16.3. The molecule has 34 heavy (non-hydrogen) atoms. The van der Waals surface area contributed by atoms with Crippen molar-refractivity contribution in [3.8, 4) is 5.75 Å². The third kappa shape index (κ3) is 4.29. The molecule has 1 amide bonds. The molecule has 0 bridgehead atoms. The molecule has 2 heterocycles. The molecule has 0 saturated carbocycles. The van der Waals surface area contributed by atoms with Crippen LogP contribution < -0.4 is 9.64 Å². The smallest absolute Gasteiger partial charge is 0.300 e. The van der Waals surface area contributed by atoms with Crippen LogP contribution in [0.4, 0.5) is 5.69 Å². The van der Waals surface area contributed by atoms with Crippen molar-refractivity contribution in [1.29, 1.82) is 0 Å². The molecule has 1 unspecified atom stereocenters. The molecule has 174 valence electrons. The van der Waals surface area contributed by atoms with Crippen LogP contribution in [0.3, 0.4) is 0 Å². The molecule has 0 spiro atoms. The molecule has 0 radical (unpaired) electrons. The Hall–Kier alpha value is -3.64. The lowest BCUT2D eigenvalue weighted by Crippen LogP contribution is -2.29. The van der Waals surface area contributed by atoms with Crippen molar-refractivity contribution in [2.45, 2.75) is 32.7 Å². The highest BCUT2D eigenvalue weighted by Gasteiger charge is 2.47. The van der Waals surface area contributed by atoms with Crippen molar-refractivity contribution in [2.75, 3.05) is 11.5 Å². The standard InChI is InChI=1S/C27H25ClN2O4/c1-4-34-22-12-7-17(14-21(22)16(2)3)25(31)23-24(18-6-5-13-29-15-18)30(27(33)26(23)32)20-10-8-19(28)9-11-20/h5-16,24,31H,4H2,1-3H3/b25-23-. The van der Waals surface area contributed by atoms with E-state index in [1.165, 1.54) is 4.90 Å². The van der Waals surface area contributed by atoms with Gasteiger partial charge in [0, 0.05) is 28.7 Å². The molecule has 0 aliphatic carbocycles. The number of anilines is 1. The van der Waals surface area contributed by atoms with Crippen LogP contribution in [-0.2, 0) is 9.59 Å². The topological polar surface area (TPSA) is 79.7 Å². The van der Waals surface area contributed by atoms with Gasteiger partial charge in [0.05, 0.1) is 18.2 Å². The number of halogens is 1. The number of nitrogens with zero attached hydrogens (tertiary/aromatic N) is 2. The van der Waals surface area contributed by atoms with Gasteiger partial charge in [0.15, 0.2) is 0 Å². The van der Waals surface area contributed by atoms with Gasteiger partial charge in [-0.25, -0.2) is 0 Å². The van der Waals surface area contributed by atoms with Crippen molar-refractivity contribution in [3.05, 3.63) is 94.3 Å². The van der Waals surface area contributed by atoms with Crippen molar-refractivity contribution in [1.82, 2.24) is 4.98 Å². The van der Waals surface area contributed by atoms with Gasteiger partial charge in [-0.15, -0.1) is 0 Å². The molecule has 1 N–H and O–H groups in total. The molecule has 1 aliphatic heterocycles. The molecule has 7 heteroatoms. The van der Waals surface area contributed by atoms with Gasteiger partial charge in [0.1, 0.15) is 11.5 Å². The van der Waals surface area contributed by atoms with Crippen LogP contribution in [0.5, 0.6) is 5.75 Å². The van der Waals surface area contributed by atoms with Crippen LogP contribution in [0.15, 0.2) is 72.6 Å². The Morgan fingerprint density at radius 1 is 1.15 bits per heavy atom. The molecule has 4 rings (SSSR count). The van der Waals surface area contributed by atoms with Crippen LogP contribution in [0.25, 0.3) is 5.76 Å². The second-order valence-corrected chi connectivity index (χ2v) is 8.71. The zero-order chi connectivity index (χ0) is 24.4. The molecular weight excluding hydrogens is 452 g/mol. The summed E-state index contributed by atoms with van der Waals surface area (Å²) in [7, 11) is 0. The molecule has 3 aromatic rings. The highest BCUT2D eigenvalue weighted by atomic mass is 35.5. The van der Waals surface area contributed by atoms with Gasteiger partial charge in [-0.3, -0.25) is 19.5 Å². The fourth-order valence-corrected chi connectivity index (χ4v) is 4.27. The summed E-state index contributed by atoms with van der Waals surface area (Å²) in [6.07, 6.45) is 3.20. The number of ketones is 1. The number of carbonyl (C=O) groups excluding carboxylic acids is 2. The molecular formula is C27H25ClN2O4. The van der Waals surface area contributed by atoms with E-state index in [0.717, 1.165) is 11.3 Å². The summed E-state index contributed by atoms with van der Waals surface area (Å²) < 4.78 is 5.73. The molecule has 2 aromatic carbocycles. The maximum Gasteiger partial charge on any atom is 0.300 e. The van der Waals surface area contributed by atoms with E-state index in [1.807, 2.05) is 20.8 Å². The summed E-state index contributed by atoms with van der Waals surface area (Å²) in [5.41, 5.74) is 2.44. The third-order valence-corrected chi connectivity index (χ3v) is 6.01. The lowest BCUT2D eigenvalue weighted by Gasteiger charge is -2.25. The number of amides is 1. The summed E-state index contributed by atoms with van der Waals surface area (Å²) in [4.78, 5) is 32.0. The number of rotatable bonds is 6. The third-order valence-electron chi connectivity index (χ3n) is 5.75. The van der Waals surface area contributed by atoms with E-state index in [2.05, 4.69) is 4.98 Å². The SMILES string of the molecule is CCOc1ccc(/C(O)=C2/C(=O)C(=O)N(c3ccc(Cl)cc3)C2c2cccnc2)cc1C(C)C. The number of ether oxygens (including phenoxy) is 1. The van der Waals surface area contributed by atoms with Gasteiger partial charge < -0.3 is 9.84 Å². The largest absolute Gasteiger partial charge is 0.507 e. The zero-order valence-electron chi connectivity index (χ0n) is 19.2. The summed E-state index contributed by atoms with van der Waals surface area (Å²) in [6.45, 7) is 6.47. The molecule has 1 saturated heterocycles. The lowest BCUT2D eigenvalue weighted by atomic mass is 9.93. The number of aliphatic hydroxyl groups is 1. The molecule has 1 atom stereocenters. The fraction of sp³-hybridized carbons (Fsp3) is 0.222. The number of aromatic nitrogens is 1. The first-order valence-electron chi connectivity index (χ1n) is 11.1. The minimum absolute atomic E-state index is 0.00631. The monoisotopic (exact) mass is 476 g/mol. The Morgan fingerprint density at radius 2 is 1.88 bits per heavy atom. The van der Waals surface area contributed by atoms with Crippen molar-refractivity contribution in [2.24, 2.45) is 0 Å². The number of pyridine rings is 1. The van der Waals surface area contributed by atoms with E-state index >= 15 is 0 Å². The van der Waals surface area contributed by atoms with E-state index in [4.69, 9.17) is 16.3 Å². The van der Waals surface area contributed by atoms with Crippen LogP contribution in [0.2, 0.25) is 5.02 Å². The minimum atomic E-state index is -0.844. The average Bonchev–Trinajstić information content (AvgIpc) is 3.10. The summed E-state index contributed by atoms with van der Waals surface area (Å²) in [5.74, 6) is -0.887. The van der Waals surface area contributed by atoms with Crippen LogP contribution in [-0.4, -0.2) is 28.4 Å². The molecule has 1 aliphatic rings. The second kappa shape index (κ2) is 9.69. The van der Waals surface area contributed by atoms with Crippen LogP contribution in [0.1, 0.15) is 49.4 Å². The number of hydrogen-bond acceptors (Lipinski definition) is 5. The Bertz CT molecular complexity index is 1250. The quantitative estimate of drug-likeness (QED) is 0.273. The summed E-state index contributed by atoms with van der Waals surface area (Å²) in [5, 5.41) is 11.9. The Morgan fingerprint density at radius 3 is 2.50 bits per heavy atom. The second-order valence-electron chi connectivity index (χ2n) is 8.27. The number of hydrogen-bond donors (Lipinski definition) is 1. The Balaban J connectivity index is 1.91. The predicted octanol–water partition coefficient (Wildman–Crippen LogP) is 5.88. The summed E-state index contributed by atoms with van der Waals surface area (Å²) in [6, 6.07) is 14.6. The Labute approximate surface area is 203 Å². The molecule has 1 aromatic heterocycles. The van der Waals surface area contributed by atoms with Gasteiger partial charge >= 0.3 is 0 Å². The van der Waals surface area contributed by atoms with E-state index in [-0.39, 0.29) is 17.3 Å². The highest BCUT2D eigenvalue weighted by molar-refractivity contribution is 6.51. The predicted molar refractivity (Wildman–Crippen MR) is 132 cm³/mol. The van der Waals surface area contributed by atoms with Gasteiger partial charge in [0.2, 0.25) is 0 Å². The minimum Gasteiger partial charge on any atom is -0.507 e. The van der Waals surface area contributed by atoms with Gasteiger partial charge in [-0.05, 0) is 72.5 Å². The van der Waals surface area contributed by atoms with E-state index < -0.39 is 17.7 Å². The zero-order valence-corrected chi connectivity index (χ0v) is 19.9. The molecule has 1 fully saturated rings. The highest BCUT2D eigenvalue weighted by Crippen LogP contribution is 2.42. The van der Waals surface area contributed by atoms with Gasteiger partial charge in [-0.2, -0.15) is 0 Å².